The van der Waals surface area contributed by atoms with E-state index in [0.29, 0.717) is 6.42 Å². The molecule has 0 bridgehead atoms. The first-order chi connectivity index (χ1) is 10.6. The van der Waals surface area contributed by atoms with Crippen molar-refractivity contribution in [3.63, 3.8) is 0 Å². The van der Waals surface area contributed by atoms with Gasteiger partial charge in [-0.05, 0) is 32.0 Å². The quantitative estimate of drug-likeness (QED) is 0.795. The Morgan fingerprint density at radius 3 is 2.95 bits per heavy atom. The topological polar surface area (TPSA) is 47.4 Å². The van der Waals surface area contributed by atoms with Gasteiger partial charge in [-0.2, -0.15) is 5.10 Å². The molecule has 2 heterocycles. The summed E-state index contributed by atoms with van der Waals surface area (Å²) in [6, 6.07) is 8.19. The van der Waals surface area contributed by atoms with E-state index >= 15 is 0 Å². The summed E-state index contributed by atoms with van der Waals surface area (Å²) in [4.78, 5) is 13.3. The Morgan fingerprint density at radius 2 is 2.23 bits per heavy atom. The summed E-state index contributed by atoms with van der Waals surface area (Å²) < 4.78 is 7.17. The van der Waals surface area contributed by atoms with Crippen molar-refractivity contribution < 1.29 is 9.53 Å². The van der Waals surface area contributed by atoms with Crippen molar-refractivity contribution in [1.29, 1.82) is 0 Å². The molecular weight excluding hydrogens is 278 g/mol. The number of cyclic esters (lactones) is 1. The molecule has 0 spiro atoms. The molecule has 1 aliphatic rings. The summed E-state index contributed by atoms with van der Waals surface area (Å²) in [6.45, 7) is 3.64. The van der Waals surface area contributed by atoms with Crippen LogP contribution in [-0.2, 0) is 16.1 Å². The number of likely N-dealkylation sites (N-methyl/N-ethyl adjacent to an activating group) is 1. The monoisotopic (exact) mass is 299 g/mol. The Hall–Kier alpha value is -2.14. The van der Waals surface area contributed by atoms with Crippen LogP contribution in [0.15, 0.2) is 36.7 Å². The number of hydrogen-bond acceptors (Lipinski definition) is 4. The molecule has 0 unspecified atom stereocenters. The van der Waals surface area contributed by atoms with Crippen LogP contribution in [0, 0.1) is 6.92 Å². The fourth-order valence-electron chi connectivity index (χ4n) is 2.83. The number of hydrogen-bond donors (Lipinski definition) is 0. The van der Waals surface area contributed by atoms with Gasteiger partial charge in [-0.25, -0.2) is 4.68 Å². The molecule has 1 saturated heterocycles. The first-order valence-electron chi connectivity index (χ1n) is 7.59. The molecule has 0 aliphatic carbocycles. The van der Waals surface area contributed by atoms with Crippen molar-refractivity contribution in [3.8, 4) is 5.69 Å². The molecule has 5 nitrogen and oxygen atoms in total. The minimum Gasteiger partial charge on any atom is -0.461 e. The fraction of sp³-hybridized carbons (Fsp3) is 0.412. The second-order valence-electron chi connectivity index (χ2n) is 5.93. The van der Waals surface area contributed by atoms with Crippen LogP contribution in [0.4, 0.5) is 0 Å². The molecule has 1 aliphatic heterocycles. The first-order valence-corrected chi connectivity index (χ1v) is 7.59. The van der Waals surface area contributed by atoms with Crippen LogP contribution < -0.4 is 0 Å². The molecule has 1 aromatic heterocycles. The van der Waals surface area contributed by atoms with Crippen molar-refractivity contribution in [2.45, 2.75) is 32.4 Å². The largest absolute Gasteiger partial charge is 0.461 e. The summed E-state index contributed by atoms with van der Waals surface area (Å²) in [7, 11) is 2.04. The van der Waals surface area contributed by atoms with Gasteiger partial charge in [0.2, 0.25) is 0 Å². The van der Waals surface area contributed by atoms with Gasteiger partial charge in [-0.15, -0.1) is 0 Å². The summed E-state index contributed by atoms with van der Waals surface area (Å²) in [5.74, 6) is -0.0780. The van der Waals surface area contributed by atoms with E-state index in [9.17, 15) is 4.79 Å². The predicted octanol–water partition coefficient (Wildman–Crippen LogP) is 2.32. The molecule has 1 fully saturated rings. The van der Waals surface area contributed by atoms with Crippen molar-refractivity contribution >= 4 is 5.97 Å². The lowest BCUT2D eigenvalue weighted by Crippen LogP contribution is -2.28. The maximum atomic E-state index is 11.1. The highest BCUT2D eigenvalue weighted by atomic mass is 16.5. The SMILES string of the molecule is Cc1ccccc1-n1cc(CN(C)C[C@H]2CCC(=O)O2)cn1. The van der Waals surface area contributed by atoms with Gasteiger partial charge in [-0.1, -0.05) is 18.2 Å². The summed E-state index contributed by atoms with van der Waals surface area (Å²) >= 11 is 0. The lowest BCUT2D eigenvalue weighted by atomic mass is 10.2. The third-order valence-electron chi connectivity index (χ3n) is 3.93. The third kappa shape index (κ3) is 3.36. The van der Waals surface area contributed by atoms with Crippen molar-refractivity contribution in [2.75, 3.05) is 13.6 Å². The number of aryl methyl sites for hydroxylation is 1. The molecule has 1 aromatic carbocycles. The van der Waals surface area contributed by atoms with Gasteiger partial charge in [-0.3, -0.25) is 9.69 Å². The predicted molar refractivity (Wildman–Crippen MR) is 83.7 cm³/mol. The van der Waals surface area contributed by atoms with Crippen molar-refractivity contribution in [1.82, 2.24) is 14.7 Å². The highest BCUT2D eigenvalue weighted by Gasteiger charge is 2.24. The van der Waals surface area contributed by atoms with Crippen molar-refractivity contribution in [3.05, 3.63) is 47.8 Å². The zero-order valence-electron chi connectivity index (χ0n) is 13.0. The highest BCUT2D eigenvalue weighted by Crippen LogP contribution is 2.16. The Kier molecular flexibility index (Phi) is 4.24. The van der Waals surface area contributed by atoms with Crippen molar-refractivity contribution in [2.24, 2.45) is 0 Å². The third-order valence-corrected chi connectivity index (χ3v) is 3.93. The Bertz CT molecular complexity index is 665. The van der Waals surface area contributed by atoms with Gasteiger partial charge in [0.25, 0.3) is 0 Å². The van der Waals surface area contributed by atoms with E-state index in [2.05, 4.69) is 35.3 Å². The molecule has 2 aromatic rings. The Balaban J connectivity index is 1.62. The number of ether oxygens (including phenoxy) is 1. The number of carbonyl (C=O) groups is 1. The van der Waals surface area contributed by atoms with E-state index in [1.807, 2.05) is 30.1 Å². The first kappa shape index (κ1) is 14.8. The Labute approximate surface area is 130 Å². The number of nitrogens with zero attached hydrogens (tertiary/aromatic N) is 3. The molecule has 0 amide bonds. The minimum absolute atomic E-state index is 0.0314. The Morgan fingerprint density at radius 1 is 1.41 bits per heavy atom. The molecule has 0 radical (unpaired) electrons. The number of carbonyl (C=O) groups excluding carboxylic acids is 1. The van der Waals surface area contributed by atoms with Gasteiger partial charge >= 0.3 is 5.97 Å². The summed E-state index contributed by atoms with van der Waals surface area (Å²) in [5.41, 5.74) is 3.44. The maximum absolute atomic E-state index is 11.1. The summed E-state index contributed by atoms with van der Waals surface area (Å²) in [6.07, 6.45) is 5.35. The molecular formula is C17H21N3O2. The molecule has 0 saturated carbocycles. The maximum Gasteiger partial charge on any atom is 0.306 e. The molecule has 1 atom stereocenters. The van der Waals surface area contributed by atoms with Crippen LogP contribution in [0.5, 0.6) is 0 Å². The number of esters is 1. The average Bonchev–Trinajstić information content (AvgIpc) is 3.09. The van der Waals surface area contributed by atoms with E-state index in [4.69, 9.17) is 4.74 Å². The van der Waals surface area contributed by atoms with Crippen LogP contribution in [0.1, 0.15) is 24.0 Å². The van der Waals surface area contributed by atoms with Crippen LogP contribution in [-0.4, -0.2) is 40.3 Å². The zero-order chi connectivity index (χ0) is 15.5. The van der Waals surface area contributed by atoms with E-state index in [0.717, 1.165) is 30.8 Å². The van der Waals surface area contributed by atoms with E-state index < -0.39 is 0 Å². The van der Waals surface area contributed by atoms with Crippen LogP contribution in [0.2, 0.25) is 0 Å². The number of rotatable bonds is 5. The van der Waals surface area contributed by atoms with Gasteiger partial charge in [0, 0.05) is 31.3 Å². The van der Waals surface area contributed by atoms with E-state index in [1.54, 1.807) is 0 Å². The smallest absolute Gasteiger partial charge is 0.306 e. The lowest BCUT2D eigenvalue weighted by molar-refractivity contribution is -0.141. The van der Waals surface area contributed by atoms with E-state index in [-0.39, 0.29) is 12.1 Å². The van der Waals surface area contributed by atoms with Crippen LogP contribution >= 0.6 is 0 Å². The van der Waals surface area contributed by atoms with Gasteiger partial charge in [0.05, 0.1) is 11.9 Å². The minimum atomic E-state index is -0.0780. The van der Waals surface area contributed by atoms with Crippen LogP contribution in [0.25, 0.3) is 5.69 Å². The molecule has 3 rings (SSSR count). The number of benzene rings is 1. The second kappa shape index (κ2) is 6.32. The highest BCUT2D eigenvalue weighted by molar-refractivity contribution is 5.71. The zero-order valence-corrected chi connectivity index (χ0v) is 13.0. The number of aromatic nitrogens is 2. The second-order valence-corrected chi connectivity index (χ2v) is 5.93. The van der Waals surface area contributed by atoms with E-state index in [1.165, 1.54) is 5.56 Å². The standard InChI is InChI=1S/C17H21N3O2/c1-13-5-3-4-6-16(13)20-11-14(9-18-20)10-19(2)12-15-7-8-17(21)22-15/h3-6,9,11,15H,7-8,10,12H2,1-2H3/t15-/m1/s1. The lowest BCUT2D eigenvalue weighted by Gasteiger charge is -2.19. The molecule has 116 valence electrons. The average molecular weight is 299 g/mol. The van der Waals surface area contributed by atoms with Gasteiger partial charge in [0.15, 0.2) is 0 Å². The van der Waals surface area contributed by atoms with Crippen LogP contribution in [0.3, 0.4) is 0 Å². The fourth-order valence-corrected chi connectivity index (χ4v) is 2.83. The number of para-hydroxylation sites is 1. The normalized spacial score (nSPS) is 18.0. The van der Waals surface area contributed by atoms with Gasteiger partial charge in [0.1, 0.15) is 6.10 Å². The molecule has 0 N–H and O–H groups in total. The molecule has 5 heteroatoms. The molecule has 22 heavy (non-hydrogen) atoms. The summed E-state index contributed by atoms with van der Waals surface area (Å²) in [5, 5.41) is 4.45. The van der Waals surface area contributed by atoms with Gasteiger partial charge < -0.3 is 4.74 Å².